The molecule has 32 heavy (non-hydrogen) atoms. The fourth-order valence-electron chi connectivity index (χ4n) is 4.30. The second-order valence-corrected chi connectivity index (χ2v) is 8.86. The molecule has 1 saturated heterocycles. The van der Waals surface area contributed by atoms with Gasteiger partial charge in [-0.3, -0.25) is 4.79 Å². The Hall–Kier alpha value is -2.21. The number of piperidine rings is 1. The van der Waals surface area contributed by atoms with Gasteiger partial charge >= 0.3 is 5.97 Å². The van der Waals surface area contributed by atoms with E-state index in [1.54, 1.807) is 0 Å². The van der Waals surface area contributed by atoms with Gasteiger partial charge in [-0.15, -0.1) is 0 Å². The lowest BCUT2D eigenvalue weighted by Crippen LogP contribution is -2.39. The average molecular weight is 476 g/mol. The van der Waals surface area contributed by atoms with Crippen molar-refractivity contribution in [3.8, 4) is 11.5 Å². The molecule has 170 valence electrons. The van der Waals surface area contributed by atoms with E-state index < -0.39 is 0 Å². The highest BCUT2D eigenvalue weighted by Crippen LogP contribution is 2.40. The number of ether oxygens (including phenoxy) is 3. The molecule has 5 nitrogen and oxygen atoms in total. The summed E-state index contributed by atoms with van der Waals surface area (Å²) in [5.41, 5.74) is 2.79. The van der Waals surface area contributed by atoms with Crippen LogP contribution in [0, 0.1) is 5.92 Å². The van der Waals surface area contributed by atoms with Crippen LogP contribution in [0.2, 0.25) is 10.0 Å². The lowest BCUT2D eigenvalue weighted by molar-refractivity contribution is -0.149. The van der Waals surface area contributed by atoms with Crippen LogP contribution < -0.4 is 9.47 Å². The SMILES string of the molecule is CCOC(=O)[C@@H]1CCCN(CCC=C2c3cc(Cl)ccc3OCOc3ccc(Cl)cc32)C1. The van der Waals surface area contributed by atoms with Gasteiger partial charge in [-0.05, 0) is 74.7 Å². The van der Waals surface area contributed by atoms with Crippen molar-refractivity contribution in [1.82, 2.24) is 4.90 Å². The second-order valence-electron chi connectivity index (χ2n) is 7.99. The summed E-state index contributed by atoms with van der Waals surface area (Å²) in [6, 6.07) is 11.2. The number of carbonyl (C=O) groups excluding carboxylic acids is 1. The fraction of sp³-hybridized carbons (Fsp3) is 0.400. The Kier molecular flexibility index (Phi) is 7.61. The molecule has 0 bridgehead atoms. The first-order chi connectivity index (χ1) is 15.5. The molecule has 0 unspecified atom stereocenters. The van der Waals surface area contributed by atoms with Gasteiger partial charge < -0.3 is 19.1 Å². The van der Waals surface area contributed by atoms with Crippen molar-refractivity contribution in [2.75, 3.05) is 33.0 Å². The van der Waals surface area contributed by atoms with E-state index in [2.05, 4.69) is 11.0 Å². The van der Waals surface area contributed by atoms with Gasteiger partial charge in [0.2, 0.25) is 6.79 Å². The molecule has 7 heteroatoms. The predicted molar refractivity (Wildman–Crippen MR) is 127 cm³/mol. The summed E-state index contributed by atoms with van der Waals surface area (Å²) in [6.45, 7) is 4.94. The third kappa shape index (κ3) is 5.40. The maximum absolute atomic E-state index is 12.2. The van der Waals surface area contributed by atoms with Crippen molar-refractivity contribution in [1.29, 1.82) is 0 Å². The Morgan fingerprint density at radius 2 is 1.78 bits per heavy atom. The first-order valence-electron chi connectivity index (χ1n) is 11.0. The average Bonchev–Trinajstić information content (AvgIpc) is 2.78. The van der Waals surface area contributed by atoms with Gasteiger partial charge in [-0.25, -0.2) is 0 Å². The second kappa shape index (κ2) is 10.6. The molecule has 2 aliphatic rings. The van der Waals surface area contributed by atoms with Gasteiger partial charge in [-0.1, -0.05) is 29.3 Å². The number of halogens is 2. The lowest BCUT2D eigenvalue weighted by Gasteiger charge is -2.31. The molecule has 4 rings (SSSR count). The van der Waals surface area contributed by atoms with Crippen LogP contribution in [-0.4, -0.2) is 43.9 Å². The molecule has 0 aliphatic carbocycles. The zero-order valence-corrected chi connectivity index (χ0v) is 19.6. The molecule has 2 heterocycles. The number of rotatable bonds is 5. The third-order valence-corrected chi connectivity index (χ3v) is 6.28. The molecule has 1 atom stereocenters. The van der Waals surface area contributed by atoms with Crippen molar-refractivity contribution in [3.05, 3.63) is 63.6 Å². The summed E-state index contributed by atoms with van der Waals surface area (Å²) in [7, 11) is 0. The largest absolute Gasteiger partial charge is 0.466 e. The maximum Gasteiger partial charge on any atom is 0.310 e. The van der Waals surface area contributed by atoms with Crippen molar-refractivity contribution in [2.45, 2.75) is 26.2 Å². The van der Waals surface area contributed by atoms with Crippen molar-refractivity contribution < 1.29 is 19.0 Å². The topological polar surface area (TPSA) is 48.0 Å². The summed E-state index contributed by atoms with van der Waals surface area (Å²) in [5.74, 6) is 1.30. The van der Waals surface area contributed by atoms with Gasteiger partial charge in [0.15, 0.2) is 0 Å². The van der Waals surface area contributed by atoms with E-state index in [9.17, 15) is 4.79 Å². The van der Waals surface area contributed by atoms with E-state index in [1.807, 2.05) is 43.3 Å². The summed E-state index contributed by atoms with van der Waals surface area (Å²) in [6.07, 6.45) is 4.86. The molecule has 0 saturated carbocycles. The zero-order chi connectivity index (χ0) is 22.5. The number of hydrogen-bond donors (Lipinski definition) is 0. The minimum atomic E-state index is -0.0861. The standard InChI is InChI=1S/C25H27Cl2NO4/c1-2-30-25(29)17-5-3-11-28(15-17)12-4-6-20-21-13-18(26)7-9-23(21)31-16-32-24-10-8-19(27)14-22(20)24/h6-10,13-14,17H,2-5,11-12,15-16H2,1H3/t17-/m1/s1. The number of benzene rings is 2. The Morgan fingerprint density at radius 3 is 2.41 bits per heavy atom. The number of esters is 1. The highest BCUT2D eigenvalue weighted by Gasteiger charge is 2.26. The zero-order valence-electron chi connectivity index (χ0n) is 18.1. The monoisotopic (exact) mass is 475 g/mol. The van der Waals surface area contributed by atoms with Crippen molar-refractivity contribution in [3.63, 3.8) is 0 Å². The Balaban J connectivity index is 1.58. The van der Waals surface area contributed by atoms with Crippen LogP contribution in [0.1, 0.15) is 37.3 Å². The summed E-state index contributed by atoms with van der Waals surface area (Å²) in [4.78, 5) is 14.5. The van der Waals surface area contributed by atoms with E-state index in [4.69, 9.17) is 37.4 Å². The number of nitrogens with zero attached hydrogens (tertiary/aromatic N) is 1. The number of fused-ring (bicyclic) bond motifs is 2. The minimum Gasteiger partial charge on any atom is -0.466 e. The molecule has 2 aromatic rings. The fourth-order valence-corrected chi connectivity index (χ4v) is 4.65. The molecular weight excluding hydrogens is 449 g/mol. The summed E-state index contributed by atoms with van der Waals surface area (Å²) < 4.78 is 16.9. The van der Waals surface area contributed by atoms with E-state index >= 15 is 0 Å². The first kappa shape index (κ1) is 23.0. The predicted octanol–water partition coefficient (Wildman–Crippen LogP) is 5.82. The van der Waals surface area contributed by atoms with E-state index in [-0.39, 0.29) is 18.7 Å². The van der Waals surface area contributed by atoms with E-state index in [1.165, 1.54) is 0 Å². The number of likely N-dealkylation sites (tertiary alicyclic amines) is 1. The minimum absolute atomic E-state index is 0.0430. The Labute approximate surface area is 198 Å². The van der Waals surface area contributed by atoms with Crippen LogP contribution in [0.4, 0.5) is 0 Å². The molecule has 0 amide bonds. The summed E-state index contributed by atoms with van der Waals surface area (Å²) >= 11 is 12.7. The Morgan fingerprint density at radius 1 is 1.12 bits per heavy atom. The van der Waals surface area contributed by atoms with E-state index in [0.717, 1.165) is 55.6 Å². The summed E-state index contributed by atoms with van der Waals surface area (Å²) in [5, 5.41) is 1.27. The van der Waals surface area contributed by atoms with Crippen LogP contribution in [-0.2, 0) is 9.53 Å². The number of hydrogen-bond acceptors (Lipinski definition) is 5. The van der Waals surface area contributed by atoms with Gasteiger partial charge in [0.1, 0.15) is 11.5 Å². The van der Waals surface area contributed by atoms with Gasteiger partial charge in [0.05, 0.1) is 12.5 Å². The lowest BCUT2D eigenvalue weighted by atomic mass is 9.94. The molecule has 2 aromatic carbocycles. The molecule has 1 fully saturated rings. The van der Waals surface area contributed by atoms with Crippen LogP contribution >= 0.6 is 23.2 Å². The maximum atomic E-state index is 12.2. The molecule has 0 aromatic heterocycles. The van der Waals surface area contributed by atoms with Gasteiger partial charge in [-0.2, -0.15) is 0 Å². The van der Waals surface area contributed by atoms with Crippen LogP contribution in [0.5, 0.6) is 11.5 Å². The quantitative estimate of drug-likeness (QED) is 0.509. The highest BCUT2D eigenvalue weighted by molar-refractivity contribution is 6.31. The third-order valence-electron chi connectivity index (χ3n) is 5.81. The van der Waals surface area contributed by atoms with Crippen LogP contribution in [0.15, 0.2) is 42.5 Å². The molecule has 0 spiro atoms. The smallest absolute Gasteiger partial charge is 0.310 e. The number of carbonyl (C=O) groups is 1. The van der Waals surface area contributed by atoms with Gasteiger partial charge in [0.25, 0.3) is 0 Å². The van der Waals surface area contributed by atoms with Crippen LogP contribution in [0.3, 0.4) is 0 Å². The molecular formula is C25H27Cl2NO4. The van der Waals surface area contributed by atoms with Crippen molar-refractivity contribution in [2.24, 2.45) is 5.92 Å². The molecule has 0 N–H and O–H groups in total. The molecule has 0 radical (unpaired) electrons. The van der Waals surface area contributed by atoms with Crippen LogP contribution in [0.25, 0.3) is 5.57 Å². The first-order valence-corrected chi connectivity index (χ1v) is 11.8. The molecule has 2 aliphatic heterocycles. The Bertz CT molecular complexity index is 952. The highest BCUT2D eigenvalue weighted by atomic mass is 35.5. The van der Waals surface area contributed by atoms with E-state index in [0.29, 0.717) is 28.2 Å². The van der Waals surface area contributed by atoms with Crippen molar-refractivity contribution >= 4 is 34.7 Å². The van der Waals surface area contributed by atoms with Gasteiger partial charge in [0, 0.05) is 34.3 Å². The normalized spacial score (nSPS) is 18.3.